The first-order valence-corrected chi connectivity index (χ1v) is 8.50. The van der Waals surface area contributed by atoms with Crippen molar-refractivity contribution >= 4 is 5.91 Å². The highest BCUT2D eigenvalue weighted by Gasteiger charge is 2.45. The van der Waals surface area contributed by atoms with E-state index in [1.807, 2.05) is 55.5 Å². The van der Waals surface area contributed by atoms with Gasteiger partial charge in [-0.05, 0) is 31.2 Å². The van der Waals surface area contributed by atoms with Crippen LogP contribution in [0.25, 0.3) is 11.5 Å². The van der Waals surface area contributed by atoms with E-state index in [0.717, 1.165) is 11.1 Å². The molecule has 2 aromatic carbocycles. The van der Waals surface area contributed by atoms with Crippen molar-refractivity contribution in [2.45, 2.75) is 19.0 Å². The summed E-state index contributed by atoms with van der Waals surface area (Å²) in [5.74, 6) is 0.0944. The predicted octanol–water partition coefficient (Wildman–Crippen LogP) is 3.76. The largest absolute Gasteiger partial charge is 0.335 e. The van der Waals surface area contributed by atoms with Crippen LogP contribution in [0.4, 0.5) is 4.39 Å². The molecule has 1 amide bonds. The Balaban J connectivity index is 1.54. The van der Waals surface area contributed by atoms with E-state index in [9.17, 15) is 4.79 Å². The maximum atomic E-state index is 15.4. The molecule has 1 aliphatic heterocycles. The zero-order valence-electron chi connectivity index (χ0n) is 14.4. The van der Waals surface area contributed by atoms with E-state index in [4.69, 9.17) is 4.52 Å². The summed E-state index contributed by atoms with van der Waals surface area (Å²) in [5, 5.41) is 3.83. The van der Waals surface area contributed by atoms with Crippen LogP contribution in [0.15, 0.2) is 59.1 Å². The second-order valence-corrected chi connectivity index (χ2v) is 6.60. The molecule has 1 atom stereocenters. The van der Waals surface area contributed by atoms with Crippen LogP contribution in [0, 0.1) is 6.92 Å². The Morgan fingerprint density at radius 3 is 2.77 bits per heavy atom. The van der Waals surface area contributed by atoms with Crippen molar-refractivity contribution in [2.75, 3.05) is 13.1 Å². The Labute approximate surface area is 150 Å². The lowest BCUT2D eigenvalue weighted by Gasteiger charge is -2.18. The van der Waals surface area contributed by atoms with Gasteiger partial charge in [0.15, 0.2) is 5.67 Å². The van der Waals surface area contributed by atoms with E-state index in [1.54, 1.807) is 6.07 Å². The summed E-state index contributed by atoms with van der Waals surface area (Å²) >= 11 is 0. The summed E-state index contributed by atoms with van der Waals surface area (Å²) in [5.41, 5.74) is 0.496. The molecule has 5 nitrogen and oxygen atoms in total. The number of aryl methyl sites for hydroxylation is 1. The highest BCUT2D eigenvalue weighted by Crippen LogP contribution is 2.36. The molecule has 132 valence electrons. The monoisotopic (exact) mass is 351 g/mol. The molecule has 1 aliphatic rings. The SMILES string of the molecule is Cc1cccc(C(=O)N2CCC(F)(c3noc(-c4ccccc4)n3)C2)c1. The molecule has 0 radical (unpaired) electrons. The fourth-order valence-electron chi connectivity index (χ4n) is 3.19. The zero-order valence-corrected chi connectivity index (χ0v) is 14.4. The van der Waals surface area contributed by atoms with Crippen LogP contribution in [0.3, 0.4) is 0 Å². The first-order chi connectivity index (χ1) is 12.5. The van der Waals surface area contributed by atoms with Crippen molar-refractivity contribution in [3.05, 3.63) is 71.5 Å². The molecule has 0 spiro atoms. The van der Waals surface area contributed by atoms with E-state index in [0.29, 0.717) is 12.1 Å². The molecule has 0 N–H and O–H groups in total. The maximum Gasteiger partial charge on any atom is 0.258 e. The van der Waals surface area contributed by atoms with Crippen molar-refractivity contribution in [1.29, 1.82) is 0 Å². The molecular formula is C20H18FN3O2. The van der Waals surface area contributed by atoms with E-state index >= 15 is 4.39 Å². The van der Waals surface area contributed by atoms with E-state index in [1.165, 1.54) is 4.90 Å². The molecule has 1 fully saturated rings. The van der Waals surface area contributed by atoms with Crippen LogP contribution in [0.2, 0.25) is 0 Å². The van der Waals surface area contributed by atoms with E-state index in [-0.39, 0.29) is 30.6 Å². The third-order valence-electron chi connectivity index (χ3n) is 4.62. The highest BCUT2D eigenvalue weighted by molar-refractivity contribution is 5.94. The molecule has 1 unspecified atom stereocenters. The number of likely N-dealkylation sites (tertiary alicyclic amines) is 1. The third-order valence-corrected chi connectivity index (χ3v) is 4.62. The number of carbonyl (C=O) groups is 1. The number of hydrogen-bond donors (Lipinski definition) is 0. The molecule has 1 saturated heterocycles. The summed E-state index contributed by atoms with van der Waals surface area (Å²) in [6.07, 6.45) is 0.151. The number of benzene rings is 2. The van der Waals surface area contributed by atoms with Gasteiger partial charge in [-0.3, -0.25) is 4.79 Å². The van der Waals surface area contributed by atoms with Gasteiger partial charge >= 0.3 is 0 Å². The van der Waals surface area contributed by atoms with Crippen molar-refractivity contribution in [3.8, 4) is 11.5 Å². The van der Waals surface area contributed by atoms with Crippen LogP contribution >= 0.6 is 0 Å². The summed E-state index contributed by atoms with van der Waals surface area (Å²) in [7, 11) is 0. The van der Waals surface area contributed by atoms with Gasteiger partial charge in [0.2, 0.25) is 5.82 Å². The highest BCUT2D eigenvalue weighted by atomic mass is 19.1. The van der Waals surface area contributed by atoms with E-state index < -0.39 is 5.67 Å². The van der Waals surface area contributed by atoms with Crippen LogP contribution in [0.1, 0.15) is 28.2 Å². The molecule has 26 heavy (non-hydrogen) atoms. The fraction of sp³-hybridized carbons (Fsp3) is 0.250. The molecule has 4 rings (SSSR count). The standard InChI is InChI=1S/C20H18FN3O2/c1-14-6-5-9-16(12-14)18(25)24-11-10-20(21,13-24)19-22-17(26-23-19)15-7-3-2-4-8-15/h2-9,12H,10-11,13H2,1H3. The molecule has 0 saturated carbocycles. The number of rotatable bonds is 3. The Kier molecular flexibility index (Phi) is 4.03. The van der Waals surface area contributed by atoms with Gasteiger partial charge in [-0.25, -0.2) is 4.39 Å². The van der Waals surface area contributed by atoms with Crippen LogP contribution in [-0.4, -0.2) is 34.0 Å². The van der Waals surface area contributed by atoms with Crippen molar-refractivity contribution in [2.24, 2.45) is 0 Å². The minimum absolute atomic E-state index is 0.00380. The molecule has 1 aromatic heterocycles. The molecular weight excluding hydrogens is 333 g/mol. The molecule has 3 aromatic rings. The lowest BCUT2D eigenvalue weighted by molar-refractivity contribution is 0.0743. The van der Waals surface area contributed by atoms with Crippen molar-refractivity contribution in [3.63, 3.8) is 0 Å². The summed E-state index contributed by atoms with van der Waals surface area (Å²) in [6, 6.07) is 16.5. The number of hydrogen-bond acceptors (Lipinski definition) is 4. The zero-order chi connectivity index (χ0) is 18.1. The minimum Gasteiger partial charge on any atom is -0.335 e. The number of amides is 1. The number of aromatic nitrogens is 2. The predicted molar refractivity (Wildman–Crippen MR) is 94.2 cm³/mol. The number of halogens is 1. The summed E-state index contributed by atoms with van der Waals surface area (Å²) < 4.78 is 20.6. The van der Waals surface area contributed by atoms with Crippen LogP contribution in [0.5, 0.6) is 0 Å². The Hall–Kier alpha value is -3.02. The maximum absolute atomic E-state index is 15.4. The smallest absolute Gasteiger partial charge is 0.258 e. The molecule has 2 heterocycles. The topological polar surface area (TPSA) is 59.2 Å². The third kappa shape index (κ3) is 2.98. The number of carbonyl (C=O) groups excluding carboxylic acids is 1. The summed E-state index contributed by atoms with van der Waals surface area (Å²) in [6.45, 7) is 2.16. The second-order valence-electron chi connectivity index (χ2n) is 6.60. The van der Waals surface area contributed by atoms with Gasteiger partial charge in [-0.2, -0.15) is 4.98 Å². The Morgan fingerprint density at radius 2 is 2.00 bits per heavy atom. The Morgan fingerprint density at radius 1 is 1.19 bits per heavy atom. The van der Waals surface area contributed by atoms with Gasteiger partial charge in [0.25, 0.3) is 11.8 Å². The van der Waals surface area contributed by atoms with Crippen LogP contribution in [-0.2, 0) is 5.67 Å². The normalized spacial score (nSPS) is 19.7. The second kappa shape index (κ2) is 6.37. The lowest BCUT2D eigenvalue weighted by atomic mass is 10.1. The molecule has 0 bridgehead atoms. The van der Waals surface area contributed by atoms with Gasteiger partial charge in [-0.1, -0.05) is 41.1 Å². The van der Waals surface area contributed by atoms with Gasteiger partial charge in [0.1, 0.15) is 0 Å². The van der Waals surface area contributed by atoms with Gasteiger partial charge < -0.3 is 9.42 Å². The molecule has 6 heteroatoms. The number of alkyl halides is 1. The van der Waals surface area contributed by atoms with Crippen molar-refractivity contribution < 1.29 is 13.7 Å². The quantitative estimate of drug-likeness (QED) is 0.721. The first-order valence-electron chi connectivity index (χ1n) is 8.50. The summed E-state index contributed by atoms with van der Waals surface area (Å²) in [4.78, 5) is 18.4. The van der Waals surface area contributed by atoms with Crippen LogP contribution < -0.4 is 0 Å². The van der Waals surface area contributed by atoms with Gasteiger partial charge in [0.05, 0.1) is 6.54 Å². The van der Waals surface area contributed by atoms with E-state index in [2.05, 4.69) is 10.1 Å². The first kappa shape index (κ1) is 16.4. The lowest BCUT2D eigenvalue weighted by Crippen LogP contribution is -2.32. The molecule has 0 aliphatic carbocycles. The average Bonchev–Trinajstić information content (AvgIpc) is 3.30. The fourth-order valence-corrected chi connectivity index (χ4v) is 3.19. The van der Waals surface area contributed by atoms with Crippen molar-refractivity contribution in [1.82, 2.24) is 15.0 Å². The van der Waals surface area contributed by atoms with Gasteiger partial charge in [-0.15, -0.1) is 0 Å². The Bertz CT molecular complexity index is 941. The minimum atomic E-state index is -1.80. The average molecular weight is 351 g/mol. The number of nitrogens with zero attached hydrogens (tertiary/aromatic N) is 3. The van der Waals surface area contributed by atoms with Gasteiger partial charge in [0, 0.05) is 24.1 Å².